The van der Waals surface area contributed by atoms with Gasteiger partial charge >= 0.3 is 7.82 Å². The number of hydrogen-bond acceptors (Lipinski definition) is 5. The number of phosphoric acid groups is 1. The van der Waals surface area contributed by atoms with Gasteiger partial charge in [0, 0.05) is 6.42 Å². The first-order chi connectivity index (χ1) is 42.0. The van der Waals surface area contributed by atoms with Gasteiger partial charge in [-0.1, -0.05) is 392 Å². The van der Waals surface area contributed by atoms with Crippen molar-refractivity contribution in [1.82, 2.24) is 5.32 Å². The summed E-state index contributed by atoms with van der Waals surface area (Å²) in [5.74, 6) is -0.134. The van der Waals surface area contributed by atoms with Gasteiger partial charge in [0.25, 0.3) is 0 Å². The molecule has 514 valence electrons. The predicted molar refractivity (Wildman–Crippen MR) is 379 cm³/mol. The Balaban J connectivity index is 3.89. The molecular formula is C77H156N2O6P+. The smallest absolute Gasteiger partial charge is 0.391 e. The van der Waals surface area contributed by atoms with Crippen LogP contribution in [-0.4, -0.2) is 73.4 Å². The molecule has 0 aliphatic rings. The normalized spacial score (nSPS) is 13.5. The second-order valence-electron chi connectivity index (χ2n) is 28.4. The van der Waals surface area contributed by atoms with Gasteiger partial charge in [-0.15, -0.1) is 0 Å². The number of unbranched alkanes of at least 4 members (excludes halogenated alkanes) is 59. The van der Waals surface area contributed by atoms with Gasteiger partial charge in [-0.25, -0.2) is 4.57 Å². The molecule has 0 aliphatic heterocycles. The van der Waals surface area contributed by atoms with Crippen molar-refractivity contribution in [2.45, 2.75) is 437 Å². The molecule has 3 unspecified atom stereocenters. The largest absolute Gasteiger partial charge is 0.472 e. The van der Waals surface area contributed by atoms with Crippen LogP contribution in [0.4, 0.5) is 0 Å². The first kappa shape index (κ1) is 85.2. The SMILES string of the molecule is CCCCCCCCCCCCCCCCCCCC/C=C\CCCCCCCCCCCCCCCCCCCC(=O)NC(COP(=O)(O)OCC[N+](C)(C)C)C(O)CCCCCCCCCCCCCCCCCCCCCCCCCCC. The lowest BCUT2D eigenvalue weighted by molar-refractivity contribution is -0.870. The lowest BCUT2D eigenvalue weighted by Crippen LogP contribution is -2.46. The minimum atomic E-state index is -4.33. The molecule has 0 bridgehead atoms. The van der Waals surface area contributed by atoms with Crippen LogP contribution in [0.1, 0.15) is 425 Å². The Labute approximate surface area is 539 Å². The number of likely N-dealkylation sites (N-methyl/N-ethyl adjacent to an activating group) is 1. The van der Waals surface area contributed by atoms with Crippen LogP contribution in [-0.2, 0) is 18.4 Å². The van der Waals surface area contributed by atoms with Crippen LogP contribution < -0.4 is 5.32 Å². The van der Waals surface area contributed by atoms with Crippen LogP contribution in [0.3, 0.4) is 0 Å². The number of rotatable bonds is 74. The zero-order chi connectivity index (χ0) is 62.6. The van der Waals surface area contributed by atoms with E-state index >= 15 is 0 Å². The summed E-state index contributed by atoms with van der Waals surface area (Å²) in [5, 5.41) is 14.2. The van der Waals surface area contributed by atoms with Gasteiger partial charge in [-0.3, -0.25) is 13.8 Å². The lowest BCUT2D eigenvalue weighted by Gasteiger charge is -2.26. The minimum Gasteiger partial charge on any atom is -0.391 e. The van der Waals surface area contributed by atoms with E-state index in [0.29, 0.717) is 23.9 Å². The number of aliphatic hydroxyl groups excluding tert-OH is 1. The number of phosphoric ester groups is 1. The Morgan fingerprint density at radius 1 is 0.384 bits per heavy atom. The van der Waals surface area contributed by atoms with Gasteiger partial charge in [0.05, 0.1) is 39.9 Å². The summed E-state index contributed by atoms with van der Waals surface area (Å²) in [5.41, 5.74) is 0. The second-order valence-corrected chi connectivity index (χ2v) is 29.9. The van der Waals surface area contributed by atoms with E-state index in [0.717, 1.165) is 38.5 Å². The van der Waals surface area contributed by atoms with E-state index in [4.69, 9.17) is 9.05 Å². The molecule has 8 nitrogen and oxygen atoms in total. The van der Waals surface area contributed by atoms with Crippen LogP contribution in [0.25, 0.3) is 0 Å². The summed E-state index contributed by atoms with van der Waals surface area (Å²) in [6.07, 6.45) is 89.3. The number of allylic oxidation sites excluding steroid dienone is 2. The molecule has 0 saturated carbocycles. The van der Waals surface area contributed by atoms with E-state index in [1.807, 2.05) is 21.1 Å². The first-order valence-electron chi connectivity index (χ1n) is 39.1. The van der Waals surface area contributed by atoms with E-state index in [-0.39, 0.29) is 19.1 Å². The van der Waals surface area contributed by atoms with Crippen LogP contribution in [0, 0.1) is 0 Å². The van der Waals surface area contributed by atoms with Crippen LogP contribution in [0.2, 0.25) is 0 Å². The summed E-state index contributed by atoms with van der Waals surface area (Å²) >= 11 is 0. The van der Waals surface area contributed by atoms with Crippen molar-refractivity contribution in [3.63, 3.8) is 0 Å². The molecule has 3 atom stereocenters. The third kappa shape index (κ3) is 70.7. The highest BCUT2D eigenvalue weighted by Crippen LogP contribution is 2.43. The summed E-state index contributed by atoms with van der Waals surface area (Å²) in [4.78, 5) is 23.5. The molecule has 0 aromatic rings. The fourth-order valence-corrected chi connectivity index (χ4v) is 13.2. The van der Waals surface area contributed by atoms with E-state index in [1.54, 1.807) is 0 Å². The zero-order valence-corrected chi connectivity index (χ0v) is 60.0. The van der Waals surface area contributed by atoms with E-state index in [2.05, 4.69) is 31.3 Å². The molecule has 1 amide bonds. The monoisotopic (exact) mass is 1240 g/mol. The summed E-state index contributed by atoms with van der Waals surface area (Å²) in [7, 11) is 1.64. The number of aliphatic hydroxyl groups is 1. The highest BCUT2D eigenvalue weighted by molar-refractivity contribution is 7.47. The standard InChI is InChI=1S/C77H155N2O6P/c1-6-8-10-12-14-16-18-20-22-24-26-28-30-32-33-34-35-36-37-38-39-40-41-42-43-44-45-47-49-51-53-55-57-59-61-63-65-67-69-71-77(81)78-75(74-85-86(82,83)84-73-72-79(3,4)5)76(80)70-68-66-64-62-60-58-56-54-52-50-48-46-31-29-27-25-23-21-19-17-15-13-11-9-7-2/h38-39,75-76,80H,6-37,40-74H2,1-5H3,(H-,78,81,82,83)/p+1/b39-38-. The summed E-state index contributed by atoms with van der Waals surface area (Å²) < 4.78 is 23.9. The lowest BCUT2D eigenvalue weighted by atomic mass is 10.0. The summed E-state index contributed by atoms with van der Waals surface area (Å²) in [6, 6.07) is -0.759. The molecule has 0 aromatic carbocycles. The maximum atomic E-state index is 13.1. The van der Waals surface area contributed by atoms with Crippen molar-refractivity contribution in [1.29, 1.82) is 0 Å². The van der Waals surface area contributed by atoms with Gasteiger partial charge in [-0.2, -0.15) is 0 Å². The predicted octanol–water partition coefficient (Wildman–Crippen LogP) is 25.2. The maximum Gasteiger partial charge on any atom is 0.472 e. The van der Waals surface area contributed by atoms with Crippen molar-refractivity contribution in [2.24, 2.45) is 0 Å². The first-order valence-corrected chi connectivity index (χ1v) is 40.5. The number of nitrogens with zero attached hydrogens (tertiary/aromatic N) is 1. The number of amides is 1. The average Bonchev–Trinajstić information content (AvgIpc) is 3.70. The molecule has 3 N–H and O–H groups in total. The molecule has 0 aliphatic carbocycles. The van der Waals surface area contributed by atoms with Gasteiger partial charge in [-0.05, 0) is 38.5 Å². The third-order valence-electron chi connectivity index (χ3n) is 18.5. The van der Waals surface area contributed by atoms with E-state index in [9.17, 15) is 19.4 Å². The number of carbonyl (C=O) groups excluding carboxylic acids is 1. The molecule has 86 heavy (non-hydrogen) atoms. The third-order valence-corrected chi connectivity index (χ3v) is 19.5. The van der Waals surface area contributed by atoms with Crippen LogP contribution in [0.15, 0.2) is 12.2 Å². The number of quaternary nitrogens is 1. The molecule has 0 aromatic heterocycles. The molecular weight excluding hydrogens is 1080 g/mol. The number of nitrogens with one attached hydrogen (secondary N) is 1. The van der Waals surface area contributed by atoms with Crippen molar-refractivity contribution in [3.8, 4) is 0 Å². The van der Waals surface area contributed by atoms with E-state index < -0.39 is 20.0 Å². The maximum absolute atomic E-state index is 13.1. The Morgan fingerprint density at radius 3 is 0.895 bits per heavy atom. The molecule has 0 fully saturated rings. The van der Waals surface area contributed by atoms with E-state index in [1.165, 1.54) is 360 Å². The second kappa shape index (κ2) is 68.6. The fraction of sp³-hybridized carbons (Fsp3) is 0.961. The van der Waals surface area contributed by atoms with Crippen molar-refractivity contribution in [2.75, 3.05) is 40.9 Å². The summed E-state index contributed by atoms with van der Waals surface area (Å²) in [6.45, 7) is 4.97. The molecule has 0 rings (SSSR count). The van der Waals surface area contributed by atoms with Crippen molar-refractivity contribution >= 4 is 13.7 Å². The van der Waals surface area contributed by atoms with Gasteiger partial charge in [0.15, 0.2) is 0 Å². The van der Waals surface area contributed by atoms with Crippen LogP contribution in [0.5, 0.6) is 0 Å². The van der Waals surface area contributed by atoms with Gasteiger partial charge in [0.2, 0.25) is 5.91 Å². The Bertz CT molecular complexity index is 1410. The van der Waals surface area contributed by atoms with Gasteiger partial charge < -0.3 is 19.8 Å². The Kier molecular flexibility index (Phi) is 68.0. The number of hydrogen-bond donors (Lipinski definition) is 3. The molecule has 9 heteroatoms. The van der Waals surface area contributed by atoms with Crippen LogP contribution >= 0.6 is 7.82 Å². The minimum absolute atomic E-state index is 0.0783. The average molecular weight is 1240 g/mol. The molecule has 0 heterocycles. The van der Waals surface area contributed by atoms with Gasteiger partial charge in [0.1, 0.15) is 13.2 Å². The Hall–Kier alpha value is -0.760. The fourth-order valence-electron chi connectivity index (χ4n) is 12.5. The quantitative estimate of drug-likeness (QED) is 0.0243. The van der Waals surface area contributed by atoms with Crippen molar-refractivity contribution < 1.29 is 32.9 Å². The highest BCUT2D eigenvalue weighted by Gasteiger charge is 2.28. The zero-order valence-electron chi connectivity index (χ0n) is 59.1. The molecule has 0 spiro atoms. The highest BCUT2D eigenvalue weighted by atomic mass is 31.2. The molecule has 0 saturated heterocycles. The van der Waals surface area contributed by atoms with Crippen molar-refractivity contribution in [3.05, 3.63) is 12.2 Å². The Morgan fingerprint density at radius 2 is 0.628 bits per heavy atom. The number of carbonyl (C=O) groups is 1. The molecule has 0 radical (unpaired) electrons. The topological polar surface area (TPSA) is 105 Å².